The Bertz CT molecular complexity index is 645. The van der Waals surface area contributed by atoms with Crippen LogP contribution in [0.3, 0.4) is 0 Å². The number of carbonyl (C=O) groups is 2. The van der Waals surface area contributed by atoms with Crippen LogP contribution in [-0.4, -0.2) is 23.5 Å². The van der Waals surface area contributed by atoms with Crippen molar-refractivity contribution in [1.29, 1.82) is 0 Å². The van der Waals surface area contributed by atoms with Crippen LogP contribution in [0.4, 0.5) is 11.4 Å². The number of fused-ring (bicyclic) bond motifs is 1. The highest BCUT2D eigenvalue weighted by Gasteiger charge is 2.30. The molecule has 0 saturated carbocycles. The summed E-state index contributed by atoms with van der Waals surface area (Å²) in [5.74, 6) is -0.626. The molecule has 0 aromatic heterocycles. The van der Waals surface area contributed by atoms with Gasteiger partial charge in [0.1, 0.15) is 0 Å². The maximum absolute atomic E-state index is 12.4. The van der Waals surface area contributed by atoms with Gasteiger partial charge in [-0.05, 0) is 37.0 Å². The van der Waals surface area contributed by atoms with E-state index in [1.54, 1.807) is 0 Å². The lowest BCUT2D eigenvalue weighted by molar-refractivity contribution is -0.137. The van der Waals surface area contributed by atoms with Crippen molar-refractivity contribution in [1.82, 2.24) is 0 Å². The van der Waals surface area contributed by atoms with Gasteiger partial charge >= 0.3 is 5.97 Å². The fourth-order valence-corrected chi connectivity index (χ4v) is 3.05. The first-order valence-electron chi connectivity index (χ1n) is 8.02. The van der Waals surface area contributed by atoms with Gasteiger partial charge in [-0.1, -0.05) is 26.8 Å². The molecular formula is C18H26N2O3. The molecular weight excluding hydrogens is 292 g/mol. The number of carbonyl (C=O) groups excluding carboxylic acids is 1. The summed E-state index contributed by atoms with van der Waals surface area (Å²) in [7, 11) is 0. The smallest absolute Gasteiger partial charge is 0.303 e. The van der Waals surface area contributed by atoms with Gasteiger partial charge in [-0.3, -0.25) is 9.59 Å². The van der Waals surface area contributed by atoms with Crippen molar-refractivity contribution >= 4 is 23.3 Å². The number of carboxylic acids is 1. The van der Waals surface area contributed by atoms with Crippen LogP contribution >= 0.6 is 0 Å². The highest BCUT2D eigenvalue weighted by atomic mass is 16.4. The van der Waals surface area contributed by atoms with Crippen molar-refractivity contribution < 1.29 is 14.7 Å². The molecule has 2 rings (SSSR count). The van der Waals surface area contributed by atoms with Crippen molar-refractivity contribution in [3.63, 3.8) is 0 Å². The standard InChI is InChI=1S/C18H26N2O3/c1-10-8-11(2)15(20-17(23)18(3,4)5)16-14(10)12(9-19-16)6-7-13(21)22/h8,12,19H,6-7,9H2,1-5H3,(H,20,23)(H,21,22). The predicted octanol–water partition coefficient (Wildman–Crippen LogP) is 3.66. The van der Waals surface area contributed by atoms with E-state index in [1.165, 1.54) is 0 Å². The van der Waals surface area contributed by atoms with Gasteiger partial charge in [0.05, 0.1) is 11.4 Å². The third-order valence-electron chi connectivity index (χ3n) is 4.33. The molecule has 5 heteroatoms. The van der Waals surface area contributed by atoms with E-state index in [4.69, 9.17) is 5.11 Å². The first-order valence-corrected chi connectivity index (χ1v) is 8.02. The molecule has 1 amide bonds. The van der Waals surface area contributed by atoms with Crippen molar-refractivity contribution in [3.8, 4) is 0 Å². The number of benzene rings is 1. The van der Waals surface area contributed by atoms with E-state index in [1.807, 2.05) is 34.6 Å². The Morgan fingerprint density at radius 1 is 1.30 bits per heavy atom. The summed E-state index contributed by atoms with van der Waals surface area (Å²) in [4.78, 5) is 23.2. The molecule has 0 spiro atoms. The Morgan fingerprint density at radius 2 is 1.96 bits per heavy atom. The Hall–Kier alpha value is -2.04. The molecule has 1 unspecified atom stereocenters. The maximum atomic E-state index is 12.4. The number of amides is 1. The molecule has 1 aromatic rings. The van der Waals surface area contributed by atoms with E-state index >= 15 is 0 Å². The molecule has 1 atom stereocenters. The number of hydrogen-bond acceptors (Lipinski definition) is 3. The number of rotatable bonds is 4. The number of hydrogen-bond donors (Lipinski definition) is 3. The molecule has 1 heterocycles. The van der Waals surface area contributed by atoms with Crippen LogP contribution in [0.25, 0.3) is 0 Å². The Balaban J connectivity index is 2.36. The zero-order chi connectivity index (χ0) is 17.4. The predicted molar refractivity (Wildman–Crippen MR) is 92.1 cm³/mol. The van der Waals surface area contributed by atoms with E-state index in [2.05, 4.69) is 16.7 Å². The van der Waals surface area contributed by atoms with E-state index in [0.717, 1.165) is 28.1 Å². The number of carboxylic acid groups (broad SMARTS) is 1. The SMILES string of the molecule is Cc1cc(C)c2c(c1NC(=O)C(C)(C)C)NCC2CCC(=O)O. The topological polar surface area (TPSA) is 78.4 Å². The lowest BCUT2D eigenvalue weighted by atomic mass is 9.90. The normalized spacial score (nSPS) is 16.7. The average Bonchev–Trinajstić information content (AvgIpc) is 2.84. The van der Waals surface area contributed by atoms with Gasteiger partial charge in [0.2, 0.25) is 5.91 Å². The largest absolute Gasteiger partial charge is 0.481 e. The summed E-state index contributed by atoms with van der Waals surface area (Å²) in [6.45, 7) is 10.4. The monoisotopic (exact) mass is 318 g/mol. The van der Waals surface area contributed by atoms with E-state index in [9.17, 15) is 9.59 Å². The quantitative estimate of drug-likeness (QED) is 0.791. The van der Waals surface area contributed by atoms with Crippen LogP contribution < -0.4 is 10.6 Å². The Labute approximate surface area is 137 Å². The second-order valence-electron chi connectivity index (χ2n) is 7.39. The molecule has 0 saturated heterocycles. The van der Waals surface area contributed by atoms with Gasteiger partial charge in [0, 0.05) is 24.3 Å². The fraction of sp³-hybridized carbons (Fsp3) is 0.556. The van der Waals surface area contributed by atoms with Gasteiger partial charge in [0.15, 0.2) is 0 Å². The fourth-order valence-electron chi connectivity index (χ4n) is 3.05. The van der Waals surface area contributed by atoms with E-state index < -0.39 is 11.4 Å². The molecule has 0 fully saturated rings. The molecule has 0 bridgehead atoms. The highest BCUT2D eigenvalue weighted by Crippen LogP contribution is 2.43. The van der Waals surface area contributed by atoms with Crippen molar-refractivity contribution in [2.75, 3.05) is 17.2 Å². The first kappa shape index (κ1) is 17.3. The Morgan fingerprint density at radius 3 is 2.52 bits per heavy atom. The van der Waals surface area contributed by atoms with Crippen molar-refractivity contribution in [2.24, 2.45) is 5.41 Å². The van der Waals surface area contributed by atoms with Crippen LogP contribution in [0, 0.1) is 19.3 Å². The maximum Gasteiger partial charge on any atom is 0.303 e. The van der Waals surface area contributed by atoms with Gasteiger partial charge in [0.25, 0.3) is 0 Å². The minimum atomic E-state index is -0.774. The minimum absolute atomic E-state index is 0.0255. The van der Waals surface area contributed by atoms with Crippen molar-refractivity contribution in [2.45, 2.75) is 53.4 Å². The van der Waals surface area contributed by atoms with Crippen molar-refractivity contribution in [3.05, 3.63) is 22.8 Å². The molecule has 23 heavy (non-hydrogen) atoms. The van der Waals surface area contributed by atoms with Crippen LogP contribution in [0.1, 0.15) is 56.2 Å². The third kappa shape index (κ3) is 3.66. The van der Waals surface area contributed by atoms with Gasteiger partial charge in [-0.15, -0.1) is 0 Å². The average molecular weight is 318 g/mol. The summed E-state index contributed by atoms with van der Waals surface area (Å²) in [5, 5.41) is 15.3. The van der Waals surface area contributed by atoms with Gasteiger partial charge < -0.3 is 15.7 Å². The molecule has 5 nitrogen and oxygen atoms in total. The molecule has 1 aromatic carbocycles. The van der Waals surface area contributed by atoms with Crippen LogP contribution in [0.2, 0.25) is 0 Å². The van der Waals surface area contributed by atoms with Crippen LogP contribution in [0.5, 0.6) is 0 Å². The van der Waals surface area contributed by atoms with E-state index in [-0.39, 0.29) is 18.2 Å². The second-order valence-corrected chi connectivity index (χ2v) is 7.39. The molecule has 0 radical (unpaired) electrons. The zero-order valence-electron chi connectivity index (χ0n) is 14.5. The van der Waals surface area contributed by atoms with Crippen LogP contribution in [-0.2, 0) is 9.59 Å². The minimum Gasteiger partial charge on any atom is -0.481 e. The number of aliphatic carboxylic acids is 1. The summed E-state index contributed by atoms with van der Waals surface area (Å²) >= 11 is 0. The molecule has 1 aliphatic rings. The molecule has 1 aliphatic heterocycles. The molecule has 0 aliphatic carbocycles. The lowest BCUT2D eigenvalue weighted by Crippen LogP contribution is -2.28. The Kier molecular flexibility index (Phi) is 4.68. The highest BCUT2D eigenvalue weighted by molar-refractivity contribution is 5.99. The summed E-state index contributed by atoms with van der Waals surface area (Å²) in [5.41, 5.74) is 4.61. The van der Waals surface area contributed by atoms with Gasteiger partial charge in [-0.25, -0.2) is 0 Å². The molecule has 126 valence electrons. The van der Waals surface area contributed by atoms with E-state index in [0.29, 0.717) is 13.0 Å². The summed E-state index contributed by atoms with van der Waals surface area (Å²) in [6, 6.07) is 2.07. The second kappa shape index (κ2) is 6.22. The zero-order valence-corrected chi connectivity index (χ0v) is 14.5. The van der Waals surface area contributed by atoms with Crippen LogP contribution in [0.15, 0.2) is 6.07 Å². The lowest BCUT2D eigenvalue weighted by Gasteiger charge is -2.22. The number of aryl methyl sites for hydroxylation is 2. The molecule has 3 N–H and O–H groups in total. The first-order chi connectivity index (χ1) is 10.6. The summed E-state index contributed by atoms with van der Waals surface area (Å²) < 4.78 is 0. The number of nitrogens with one attached hydrogen (secondary N) is 2. The summed E-state index contributed by atoms with van der Waals surface area (Å²) in [6.07, 6.45) is 0.759. The van der Waals surface area contributed by atoms with Gasteiger partial charge in [-0.2, -0.15) is 0 Å². The third-order valence-corrected chi connectivity index (χ3v) is 4.33. The number of anilines is 2.